The monoisotopic (exact) mass is 670 g/mol. The number of carbonyl (C=O) groups is 5. The van der Waals surface area contributed by atoms with Gasteiger partial charge in [-0.25, -0.2) is 9.59 Å². The van der Waals surface area contributed by atoms with E-state index >= 15 is 0 Å². The SMILES string of the molecule is CC(=O)c1cc2c(OC(=O)NCCNCCC(=O)OC(C)(C)C)c3ccccc3c(OC(=O)NCCNCCC(=O)OC(C)(C)C)c2o1. The molecule has 262 valence electrons. The summed E-state index contributed by atoms with van der Waals surface area (Å²) in [4.78, 5) is 61.6. The van der Waals surface area contributed by atoms with Gasteiger partial charge >= 0.3 is 24.1 Å². The predicted octanol–water partition coefficient (Wildman–Crippen LogP) is 4.61. The maximum atomic E-state index is 12.8. The molecule has 3 aromatic rings. The molecule has 0 atom stereocenters. The van der Waals surface area contributed by atoms with E-state index in [1.54, 1.807) is 65.8 Å². The molecule has 48 heavy (non-hydrogen) atoms. The van der Waals surface area contributed by atoms with Crippen molar-refractivity contribution in [3.8, 4) is 11.5 Å². The number of ketones is 1. The van der Waals surface area contributed by atoms with Crippen LogP contribution in [0, 0.1) is 0 Å². The average Bonchev–Trinajstić information content (AvgIpc) is 3.42. The van der Waals surface area contributed by atoms with Gasteiger partial charge in [-0.3, -0.25) is 14.4 Å². The zero-order valence-electron chi connectivity index (χ0n) is 28.6. The molecule has 0 aliphatic rings. The van der Waals surface area contributed by atoms with Crippen molar-refractivity contribution in [2.24, 2.45) is 0 Å². The van der Waals surface area contributed by atoms with Crippen molar-refractivity contribution in [1.29, 1.82) is 0 Å². The molecule has 1 aromatic heterocycles. The molecule has 14 heteroatoms. The van der Waals surface area contributed by atoms with Crippen LogP contribution in [0.1, 0.15) is 71.9 Å². The molecular weight excluding hydrogens is 624 g/mol. The number of benzene rings is 2. The Morgan fingerprint density at radius 2 is 1.10 bits per heavy atom. The number of ether oxygens (including phenoxy) is 4. The fourth-order valence-corrected chi connectivity index (χ4v) is 4.44. The molecular formula is C34H46N4O10. The van der Waals surface area contributed by atoms with E-state index in [4.69, 9.17) is 23.4 Å². The fraction of sp³-hybridized carbons (Fsp3) is 0.500. The van der Waals surface area contributed by atoms with Gasteiger partial charge in [-0.1, -0.05) is 24.3 Å². The van der Waals surface area contributed by atoms with Crippen molar-refractivity contribution in [2.45, 2.75) is 72.5 Å². The highest BCUT2D eigenvalue weighted by atomic mass is 16.6. The lowest BCUT2D eigenvalue weighted by molar-refractivity contribution is -0.155. The van der Waals surface area contributed by atoms with Crippen LogP contribution in [0.15, 0.2) is 34.7 Å². The summed E-state index contributed by atoms with van der Waals surface area (Å²) in [6.07, 6.45) is -1.17. The van der Waals surface area contributed by atoms with Gasteiger partial charge in [0, 0.05) is 57.0 Å². The van der Waals surface area contributed by atoms with E-state index in [2.05, 4.69) is 21.3 Å². The van der Waals surface area contributed by atoms with Gasteiger partial charge in [0.1, 0.15) is 11.2 Å². The lowest BCUT2D eigenvalue weighted by Gasteiger charge is -2.19. The number of esters is 2. The van der Waals surface area contributed by atoms with Gasteiger partial charge in [0.2, 0.25) is 0 Å². The first-order valence-corrected chi connectivity index (χ1v) is 15.8. The first-order chi connectivity index (χ1) is 22.5. The number of hydrogen-bond acceptors (Lipinski definition) is 12. The quantitative estimate of drug-likeness (QED) is 0.100. The Balaban J connectivity index is 1.64. The first kappa shape index (κ1) is 37.8. The van der Waals surface area contributed by atoms with Crippen molar-refractivity contribution in [3.63, 3.8) is 0 Å². The number of rotatable bonds is 15. The number of carbonyl (C=O) groups excluding carboxylic acids is 5. The molecule has 0 saturated carbocycles. The summed E-state index contributed by atoms with van der Waals surface area (Å²) in [6, 6.07) is 8.24. The van der Waals surface area contributed by atoms with Gasteiger partial charge in [-0.05, 0) is 47.6 Å². The van der Waals surface area contributed by atoms with Crippen molar-refractivity contribution < 1.29 is 47.3 Å². The van der Waals surface area contributed by atoms with E-state index in [0.29, 0.717) is 37.0 Å². The summed E-state index contributed by atoms with van der Waals surface area (Å²) >= 11 is 0. The minimum absolute atomic E-state index is 0.0146. The van der Waals surface area contributed by atoms with E-state index in [-0.39, 0.29) is 71.9 Å². The predicted molar refractivity (Wildman–Crippen MR) is 178 cm³/mol. The van der Waals surface area contributed by atoms with Crippen LogP contribution < -0.4 is 30.7 Å². The van der Waals surface area contributed by atoms with Gasteiger partial charge < -0.3 is 44.6 Å². The zero-order chi connectivity index (χ0) is 35.5. The molecule has 3 rings (SSSR count). The standard InChI is InChI=1S/C34H46N4O10/c1-21(39)25-20-24-28(45-31(42)37-18-16-35-14-12-26(40)47-33(2,3)4)22-10-8-9-11-23(22)29(30(24)44-25)46-32(43)38-19-17-36-15-13-27(41)48-34(5,6)7/h8-11,20,35-36H,12-19H2,1-7H3,(H,37,42)(H,38,43). The summed E-state index contributed by atoms with van der Waals surface area (Å²) in [6.45, 7) is 14.0. The molecule has 2 amide bonds. The second-order valence-electron chi connectivity index (χ2n) is 12.9. The summed E-state index contributed by atoms with van der Waals surface area (Å²) in [7, 11) is 0. The Labute approximate surface area is 279 Å². The van der Waals surface area contributed by atoms with Crippen LogP contribution in [0.5, 0.6) is 11.5 Å². The van der Waals surface area contributed by atoms with Crippen LogP contribution in [0.3, 0.4) is 0 Å². The molecule has 0 saturated heterocycles. The second-order valence-corrected chi connectivity index (χ2v) is 12.9. The second kappa shape index (κ2) is 16.9. The molecule has 1 heterocycles. The van der Waals surface area contributed by atoms with Gasteiger partial charge in [0.05, 0.1) is 18.2 Å². The fourth-order valence-electron chi connectivity index (χ4n) is 4.44. The van der Waals surface area contributed by atoms with E-state index in [1.165, 1.54) is 13.0 Å². The maximum absolute atomic E-state index is 12.8. The highest BCUT2D eigenvalue weighted by molar-refractivity contribution is 6.12. The molecule has 0 bridgehead atoms. The van der Waals surface area contributed by atoms with E-state index in [9.17, 15) is 24.0 Å². The molecule has 0 aliphatic heterocycles. The van der Waals surface area contributed by atoms with Crippen molar-refractivity contribution in [2.75, 3.05) is 39.3 Å². The number of Topliss-reactive ketones (excluding diaryl/α,β-unsaturated/α-hetero) is 1. The number of furan rings is 1. The van der Waals surface area contributed by atoms with Gasteiger partial charge in [0.25, 0.3) is 0 Å². The first-order valence-electron chi connectivity index (χ1n) is 15.8. The van der Waals surface area contributed by atoms with E-state index in [1.807, 2.05) is 0 Å². The van der Waals surface area contributed by atoms with Crippen molar-refractivity contribution in [3.05, 3.63) is 36.1 Å². The van der Waals surface area contributed by atoms with Crippen molar-refractivity contribution in [1.82, 2.24) is 21.3 Å². The smallest absolute Gasteiger partial charge is 0.412 e. The highest BCUT2D eigenvalue weighted by Gasteiger charge is 2.25. The minimum Gasteiger partial charge on any atom is -0.460 e. The number of fused-ring (bicyclic) bond motifs is 2. The molecule has 0 radical (unpaired) electrons. The molecule has 4 N–H and O–H groups in total. The third-order valence-electron chi connectivity index (χ3n) is 6.33. The van der Waals surface area contributed by atoms with Crippen LogP contribution in [0.4, 0.5) is 9.59 Å². The van der Waals surface area contributed by atoms with Gasteiger partial charge in [-0.2, -0.15) is 0 Å². The minimum atomic E-state index is -0.776. The Hall–Kier alpha value is -4.69. The summed E-state index contributed by atoms with van der Waals surface area (Å²) < 4.78 is 27.8. The number of hydrogen-bond donors (Lipinski definition) is 4. The van der Waals surface area contributed by atoms with Crippen LogP contribution in [-0.2, 0) is 19.1 Å². The largest absolute Gasteiger partial charge is 0.460 e. The van der Waals surface area contributed by atoms with E-state index in [0.717, 1.165) is 0 Å². The van der Waals surface area contributed by atoms with Crippen LogP contribution >= 0.6 is 0 Å². The molecule has 0 aliphatic carbocycles. The Morgan fingerprint density at radius 1 is 0.646 bits per heavy atom. The van der Waals surface area contributed by atoms with Crippen LogP contribution in [0.2, 0.25) is 0 Å². The Kier molecular flexibility index (Phi) is 13.3. The van der Waals surface area contributed by atoms with Crippen molar-refractivity contribution >= 4 is 51.7 Å². The Morgan fingerprint density at radius 3 is 1.56 bits per heavy atom. The number of amides is 2. The molecule has 0 unspecified atom stereocenters. The van der Waals surface area contributed by atoms with Crippen LogP contribution in [-0.4, -0.2) is 80.4 Å². The molecule has 2 aromatic carbocycles. The third-order valence-corrected chi connectivity index (χ3v) is 6.33. The topological polar surface area (TPSA) is 184 Å². The summed E-state index contributed by atoms with van der Waals surface area (Å²) in [5, 5.41) is 12.5. The maximum Gasteiger partial charge on any atom is 0.412 e. The zero-order valence-corrected chi connectivity index (χ0v) is 28.6. The normalized spacial score (nSPS) is 11.6. The highest BCUT2D eigenvalue weighted by Crippen LogP contribution is 2.44. The van der Waals surface area contributed by atoms with E-state index < -0.39 is 23.4 Å². The summed E-state index contributed by atoms with van der Waals surface area (Å²) in [5.41, 5.74) is -1.06. The lowest BCUT2D eigenvalue weighted by atomic mass is 10.1. The molecule has 0 spiro atoms. The molecule has 14 nitrogen and oxygen atoms in total. The third kappa shape index (κ3) is 12.2. The average molecular weight is 671 g/mol. The van der Waals surface area contributed by atoms with Crippen LogP contribution in [0.25, 0.3) is 21.7 Å². The molecule has 0 fully saturated rings. The Bertz CT molecular complexity index is 1510. The lowest BCUT2D eigenvalue weighted by Crippen LogP contribution is -2.35. The number of nitrogens with one attached hydrogen (secondary N) is 4. The van der Waals surface area contributed by atoms with Gasteiger partial charge in [0.15, 0.2) is 28.6 Å². The summed E-state index contributed by atoms with van der Waals surface area (Å²) in [5.74, 6) is -0.872. The van der Waals surface area contributed by atoms with Gasteiger partial charge in [-0.15, -0.1) is 0 Å².